The molecule has 0 aliphatic heterocycles. The lowest BCUT2D eigenvalue weighted by Gasteiger charge is -2.13. The highest BCUT2D eigenvalue weighted by atomic mass is 35.5. The number of hydrogen-bond acceptors (Lipinski definition) is 5. The van der Waals surface area contributed by atoms with E-state index in [0.29, 0.717) is 42.7 Å². The van der Waals surface area contributed by atoms with E-state index >= 15 is 0 Å². The fourth-order valence-electron chi connectivity index (χ4n) is 3.16. The summed E-state index contributed by atoms with van der Waals surface area (Å²) in [7, 11) is 0. The summed E-state index contributed by atoms with van der Waals surface area (Å²) in [5.41, 5.74) is 8.55. The van der Waals surface area contributed by atoms with E-state index < -0.39 is 0 Å². The molecular formula is C23H25ClN4O3. The zero-order valence-electron chi connectivity index (χ0n) is 17.3. The molecule has 1 aromatic carbocycles. The topological polar surface area (TPSA) is 99.2 Å². The van der Waals surface area contributed by atoms with Gasteiger partial charge in [-0.15, -0.1) is 0 Å². The predicted molar refractivity (Wildman–Crippen MR) is 120 cm³/mol. The van der Waals surface area contributed by atoms with Crippen molar-refractivity contribution in [1.29, 1.82) is 0 Å². The number of carbonyl (C=O) groups excluding carboxylic acids is 1. The summed E-state index contributed by atoms with van der Waals surface area (Å²) >= 11 is 6.05. The molecule has 1 amide bonds. The second kappa shape index (κ2) is 10.7. The maximum atomic E-state index is 12.9. The average molecular weight is 441 g/mol. The van der Waals surface area contributed by atoms with Gasteiger partial charge in [0.2, 0.25) is 11.8 Å². The zero-order chi connectivity index (χ0) is 22.2. The van der Waals surface area contributed by atoms with Gasteiger partial charge in [0.1, 0.15) is 6.61 Å². The first-order valence-corrected chi connectivity index (χ1v) is 10.3. The van der Waals surface area contributed by atoms with Crippen molar-refractivity contribution in [2.45, 2.75) is 33.0 Å². The molecule has 7 nitrogen and oxygen atoms in total. The van der Waals surface area contributed by atoms with Gasteiger partial charge in [-0.1, -0.05) is 23.7 Å². The number of nitrogens with one attached hydrogen (secondary N) is 1. The quantitative estimate of drug-likeness (QED) is 0.532. The highest BCUT2D eigenvalue weighted by molar-refractivity contribution is 6.30. The molecule has 2 heterocycles. The molecule has 0 atom stereocenters. The van der Waals surface area contributed by atoms with Crippen LogP contribution in [0.4, 0.5) is 0 Å². The summed E-state index contributed by atoms with van der Waals surface area (Å²) in [4.78, 5) is 29.5. The molecule has 0 aliphatic carbocycles. The molecule has 0 unspecified atom stereocenters. The molecule has 3 N–H and O–H groups in total. The predicted octanol–water partition coefficient (Wildman–Crippen LogP) is 2.60. The summed E-state index contributed by atoms with van der Waals surface area (Å²) < 4.78 is 7.11. The lowest BCUT2D eigenvalue weighted by atomic mass is 10.1. The summed E-state index contributed by atoms with van der Waals surface area (Å²) in [6.07, 6.45) is 3.34. The number of rotatable bonds is 9. The summed E-state index contributed by atoms with van der Waals surface area (Å²) in [5.74, 6) is 0.255. The van der Waals surface area contributed by atoms with E-state index in [0.717, 1.165) is 16.7 Å². The summed E-state index contributed by atoms with van der Waals surface area (Å²) in [6, 6.07) is 12.6. The normalized spacial score (nSPS) is 10.7. The molecule has 3 rings (SSSR count). The van der Waals surface area contributed by atoms with Crippen LogP contribution in [0.3, 0.4) is 0 Å². The monoisotopic (exact) mass is 440 g/mol. The van der Waals surface area contributed by atoms with Gasteiger partial charge in [-0.05, 0) is 47.9 Å². The van der Waals surface area contributed by atoms with Crippen LogP contribution in [-0.2, 0) is 30.8 Å². The number of nitrogens with zero attached hydrogens (tertiary/aromatic N) is 2. The van der Waals surface area contributed by atoms with Crippen molar-refractivity contribution < 1.29 is 9.53 Å². The third-order valence-corrected chi connectivity index (χ3v) is 5.16. The van der Waals surface area contributed by atoms with E-state index in [1.54, 1.807) is 41.2 Å². The van der Waals surface area contributed by atoms with Gasteiger partial charge in [0, 0.05) is 42.1 Å². The van der Waals surface area contributed by atoms with E-state index in [9.17, 15) is 9.59 Å². The first-order valence-electron chi connectivity index (χ1n) is 9.94. The zero-order valence-corrected chi connectivity index (χ0v) is 18.1. The molecule has 0 saturated carbocycles. The smallest absolute Gasteiger partial charge is 0.254 e. The van der Waals surface area contributed by atoms with Crippen molar-refractivity contribution in [2.75, 3.05) is 6.61 Å². The fourth-order valence-corrected chi connectivity index (χ4v) is 3.35. The molecule has 0 spiro atoms. The highest BCUT2D eigenvalue weighted by Crippen LogP contribution is 2.16. The Morgan fingerprint density at radius 3 is 2.81 bits per heavy atom. The lowest BCUT2D eigenvalue weighted by Crippen LogP contribution is -2.32. The van der Waals surface area contributed by atoms with Crippen LogP contribution >= 0.6 is 11.6 Å². The van der Waals surface area contributed by atoms with E-state index in [-0.39, 0.29) is 17.9 Å². The van der Waals surface area contributed by atoms with Crippen LogP contribution in [0.15, 0.2) is 59.7 Å². The summed E-state index contributed by atoms with van der Waals surface area (Å²) in [5, 5.41) is 3.43. The van der Waals surface area contributed by atoms with Crippen molar-refractivity contribution in [3.63, 3.8) is 0 Å². The van der Waals surface area contributed by atoms with Gasteiger partial charge in [-0.25, -0.2) is 4.98 Å². The summed E-state index contributed by atoms with van der Waals surface area (Å²) in [6.45, 7) is 3.12. The van der Waals surface area contributed by atoms with E-state index in [1.165, 1.54) is 0 Å². The second-order valence-electron chi connectivity index (χ2n) is 7.06. The van der Waals surface area contributed by atoms with Crippen LogP contribution in [0.1, 0.15) is 22.3 Å². The number of hydrogen-bond donors (Lipinski definition) is 2. The molecule has 0 bridgehead atoms. The van der Waals surface area contributed by atoms with Crippen molar-refractivity contribution in [1.82, 2.24) is 14.9 Å². The molecule has 3 aromatic rings. The number of benzene rings is 1. The molecule has 31 heavy (non-hydrogen) atoms. The van der Waals surface area contributed by atoms with Crippen molar-refractivity contribution in [3.8, 4) is 5.88 Å². The van der Waals surface area contributed by atoms with Crippen LogP contribution in [0.25, 0.3) is 0 Å². The van der Waals surface area contributed by atoms with Gasteiger partial charge in [0.15, 0.2) is 0 Å². The Balaban J connectivity index is 1.63. The fraction of sp³-hybridized carbons (Fsp3) is 0.261. The van der Waals surface area contributed by atoms with E-state index in [4.69, 9.17) is 22.1 Å². The molecular weight excluding hydrogens is 416 g/mol. The third kappa shape index (κ3) is 6.16. The van der Waals surface area contributed by atoms with Crippen LogP contribution in [0.5, 0.6) is 5.88 Å². The number of aromatic nitrogens is 2. The first kappa shape index (κ1) is 22.5. The SMILES string of the molecule is Cc1ccn(CCOc2ccccn2)c(=O)c1CC(=O)NCc1cc(Cl)ccc1CN. The molecule has 0 aliphatic rings. The Bertz CT molecular complexity index is 1100. The maximum Gasteiger partial charge on any atom is 0.254 e. The largest absolute Gasteiger partial charge is 0.476 e. The third-order valence-electron chi connectivity index (χ3n) is 4.92. The van der Waals surface area contributed by atoms with Gasteiger partial charge >= 0.3 is 0 Å². The van der Waals surface area contributed by atoms with Gasteiger partial charge < -0.3 is 20.4 Å². The van der Waals surface area contributed by atoms with Crippen molar-refractivity contribution in [2.24, 2.45) is 5.73 Å². The Hall–Kier alpha value is -3.16. The van der Waals surface area contributed by atoms with Crippen molar-refractivity contribution in [3.05, 3.63) is 92.5 Å². The minimum atomic E-state index is -0.245. The van der Waals surface area contributed by atoms with Gasteiger partial charge in [-0.2, -0.15) is 0 Å². The Morgan fingerprint density at radius 2 is 2.06 bits per heavy atom. The molecule has 8 heteroatoms. The van der Waals surface area contributed by atoms with E-state index in [1.807, 2.05) is 25.1 Å². The number of aryl methyl sites for hydroxylation is 1. The van der Waals surface area contributed by atoms with Gasteiger partial charge in [0.25, 0.3) is 5.56 Å². The minimum Gasteiger partial charge on any atom is -0.476 e. The molecule has 2 aromatic heterocycles. The highest BCUT2D eigenvalue weighted by Gasteiger charge is 2.13. The Labute approximate surface area is 185 Å². The van der Waals surface area contributed by atoms with E-state index in [2.05, 4.69) is 10.3 Å². The number of carbonyl (C=O) groups is 1. The standard InChI is InChI=1S/C23H25ClN4O3/c1-16-7-9-28(10-11-31-22-4-2-3-8-26-22)23(30)20(16)13-21(29)27-15-18-12-19(24)6-5-17(18)14-25/h2-9,12H,10-11,13-15,25H2,1H3,(H,27,29). The number of halogens is 1. The van der Waals surface area contributed by atoms with Gasteiger partial charge in [0.05, 0.1) is 13.0 Å². The van der Waals surface area contributed by atoms with Crippen LogP contribution < -0.4 is 21.3 Å². The molecule has 0 radical (unpaired) electrons. The number of ether oxygens (including phenoxy) is 1. The van der Waals surface area contributed by atoms with Crippen molar-refractivity contribution >= 4 is 17.5 Å². The minimum absolute atomic E-state index is 0.00880. The number of pyridine rings is 2. The van der Waals surface area contributed by atoms with Gasteiger partial charge in [-0.3, -0.25) is 9.59 Å². The van der Waals surface area contributed by atoms with Crippen LogP contribution in [0, 0.1) is 6.92 Å². The average Bonchev–Trinajstić information content (AvgIpc) is 2.77. The Morgan fingerprint density at radius 1 is 1.23 bits per heavy atom. The van der Waals surface area contributed by atoms with Crippen LogP contribution in [0.2, 0.25) is 5.02 Å². The molecule has 0 saturated heterocycles. The molecule has 162 valence electrons. The molecule has 0 fully saturated rings. The van der Waals surface area contributed by atoms with Crippen LogP contribution in [-0.4, -0.2) is 22.1 Å². The lowest BCUT2D eigenvalue weighted by molar-refractivity contribution is -0.120. The maximum absolute atomic E-state index is 12.9. The Kier molecular flexibility index (Phi) is 7.81. The number of amides is 1. The first-order chi connectivity index (χ1) is 15.0. The second-order valence-corrected chi connectivity index (χ2v) is 7.50. The number of nitrogens with two attached hydrogens (primary N) is 1.